The number of hydrogen-bond acceptors (Lipinski definition) is 6. The summed E-state index contributed by atoms with van der Waals surface area (Å²) in [7, 11) is 1.25. The summed E-state index contributed by atoms with van der Waals surface area (Å²) in [5.41, 5.74) is 5.07. The van der Waals surface area contributed by atoms with Crippen molar-refractivity contribution in [3.8, 4) is 0 Å². The monoisotopic (exact) mass is 160 g/mol. The highest BCUT2D eigenvalue weighted by atomic mass is 16.7. The van der Waals surface area contributed by atoms with Crippen molar-refractivity contribution in [2.45, 2.75) is 0 Å². The molecule has 0 bridgehead atoms. The van der Waals surface area contributed by atoms with E-state index in [4.69, 9.17) is 16.4 Å². The molecular weight excluding hydrogens is 152 g/mol. The molecule has 1 aliphatic rings. The van der Waals surface area contributed by atoms with Crippen molar-refractivity contribution < 1.29 is 15.1 Å². The lowest BCUT2D eigenvalue weighted by Crippen LogP contribution is -3.13. The molecule has 62 valence electrons. The second-order valence-electron chi connectivity index (χ2n) is 1.91. The number of hydroxylamine groups is 2. The number of amidine groups is 1. The molecular formula is C4H8N4O3. The van der Waals surface area contributed by atoms with E-state index in [2.05, 4.69) is 4.74 Å². The van der Waals surface area contributed by atoms with Crippen molar-refractivity contribution in [2.75, 3.05) is 7.11 Å². The van der Waals surface area contributed by atoms with Gasteiger partial charge in [-0.3, -0.25) is 0 Å². The number of methoxy groups -OCH3 is 1. The third kappa shape index (κ3) is 0.909. The van der Waals surface area contributed by atoms with Gasteiger partial charge < -0.3 is 15.7 Å². The number of nitrogens with two attached hydrogens (primary N) is 1. The van der Waals surface area contributed by atoms with E-state index in [9.17, 15) is 5.21 Å². The van der Waals surface area contributed by atoms with Gasteiger partial charge in [-0.05, 0) is 0 Å². The van der Waals surface area contributed by atoms with Crippen LogP contribution in [-0.2, 0) is 4.74 Å². The second-order valence-corrected chi connectivity index (χ2v) is 1.91. The highest BCUT2D eigenvalue weighted by molar-refractivity contribution is 5.89. The third-order valence-corrected chi connectivity index (χ3v) is 1.29. The molecule has 0 saturated heterocycles. The van der Waals surface area contributed by atoms with Gasteiger partial charge in [0.05, 0.1) is 7.11 Å². The van der Waals surface area contributed by atoms with Gasteiger partial charge in [0, 0.05) is 0 Å². The molecule has 1 rings (SSSR count). The standard InChI is InChI=1S/C4H8N4O3/c1-11-4-2(5)3(6)7(9)8(4)10/h6-7,10H,5H2,1H3. The zero-order chi connectivity index (χ0) is 8.59. The molecule has 5 N–H and O–H groups in total. The molecule has 0 aliphatic carbocycles. The summed E-state index contributed by atoms with van der Waals surface area (Å²) >= 11 is 0. The zero-order valence-corrected chi connectivity index (χ0v) is 5.79. The van der Waals surface area contributed by atoms with E-state index in [0.717, 1.165) is 0 Å². The minimum Gasteiger partial charge on any atom is -0.599 e. The molecule has 0 spiro atoms. The number of hydrogen-bond donors (Lipinski definition) is 4. The Hall–Kier alpha value is -1.31. The van der Waals surface area contributed by atoms with Crippen molar-refractivity contribution >= 4 is 5.84 Å². The van der Waals surface area contributed by atoms with E-state index in [0.29, 0.717) is 0 Å². The Kier molecular flexibility index (Phi) is 1.69. The Morgan fingerprint density at radius 3 is 2.55 bits per heavy atom. The Labute approximate surface area is 62.3 Å². The van der Waals surface area contributed by atoms with Gasteiger partial charge in [0.25, 0.3) is 5.84 Å². The summed E-state index contributed by atoms with van der Waals surface area (Å²) in [6.45, 7) is 0. The molecule has 0 aromatic heterocycles. The van der Waals surface area contributed by atoms with E-state index in [-0.39, 0.29) is 16.8 Å². The Morgan fingerprint density at radius 1 is 1.82 bits per heavy atom. The van der Waals surface area contributed by atoms with E-state index in [1.54, 1.807) is 0 Å². The molecule has 0 saturated carbocycles. The molecule has 1 heterocycles. The van der Waals surface area contributed by atoms with Crippen LogP contribution in [-0.4, -0.2) is 23.3 Å². The number of nitrogens with zero attached hydrogens (tertiary/aromatic N) is 1. The molecule has 1 unspecified atom stereocenters. The first-order valence-corrected chi connectivity index (χ1v) is 2.75. The average Bonchev–Trinajstić information content (AvgIpc) is 2.17. The first-order valence-electron chi connectivity index (χ1n) is 2.75. The summed E-state index contributed by atoms with van der Waals surface area (Å²) in [6.07, 6.45) is 0. The fourth-order valence-corrected chi connectivity index (χ4v) is 0.731. The SMILES string of the molecule is COC1=C(N)C(=N)[NH+]([O-])N1O. The van der Waals surface area contributed by atoms with Crippen LogP contribution in [0.5, 0.6) is 0 Å². The topological polar surface area (TPSA) is 110 Å². The zero-order valence-electron chi connectivity index (χ0n) is 5.79. The molecule has 11 heavy (non-hydrogen) atoms. The van der Waals surface area contributed by atoms with Gasteiger partial charge in [0.2, 0.25) is 0 Å². The van der Waals surface area contributed by atoms with Crippen LogP contribution in [0.1, 0.15) is 0 Å². The Morgan fingerprint density at radius 2 is 2.36 bits per heavy atom. The summed E-state index contributed by atoms with van der Waals surface area (Å²) < 4.78 is 4.55. The van der Waals surface area contributed by atoms with Gasteiger partial charge in [-0.25, -0.2) is 10.6 Å². The molecule has 0 aromatic rings. The van der Waals surface area contributed by atoms with Gasteiger partial charge in [-0.1, -0.05) is 5.17 Å². The summed E-state index contributed by atoms with van der Waals surface area (Å²) in [5.74, 6) is -0.649. The van der Waals surface area contributed by atoms with Gasteiger partial charge in [0.1, 0.15) is 0 Å². The van der Waals surface area contributed by atoms with Gasteiger partial charge in [0.15, 0.2) is 5.70 Å². The van der Waals surface area contributed by atoms with Crippen molar-refractivity contribution in [1.82, 2.24) is 5.17 Å². The van der Waals surface area contributed by atoms with Crippen LogP contribution < -0.4 is 10.9 Å². The van der Waals surface area contributed by atoms with Crippen LogP contribution in [0.25, 0.3) is 0 Å². The minimum absolute atomic E-state index is 0.153. The minimum atomic E-state index is -0.876. The van der Waals surface area contributed by atoms with E-state index in [1.807, 2.05) is 0 Å². The average molecular weight is 160 g/mol. The third-order valence-electron chi connectivity index (χ3n) is 1.29. The van der Waals surface area contributed by atoms with Crippen molar-refractivity contribution in [2.24, 2.45) is 5.73 Å². The molecule has 1 aliphatic heterocycles. The molecule has 0 aromatic carbocycles. The highest BCUT2D eigenvalue weighted by Gasteiger charge is 2.34. The van der Waals surface area contributed by atoms with Crippen LogP contribution in [0.15, 0.2) is 11.6 Å². The number of rotatable bonds is 1. The predicted octanol–water partition coefficient (Wildman–Crippen LogP) is -2.26. The maximum Gasteiger partial charge on any atom is 0.300 e. The highest BCUT2D eigenvalue weighted by Crippen LogP contribution is 2.05. The Bertz CT molecular complexity index is 225. The predicted molar refractivity (Wildman–Crippen MR) is 33.9 cm³/mol. The maximum atomic E-state index is 10.7. The lowest BCUT2D eigenvalue weighted by Gasteiger charge is -2.20. The summed E-state index contributed by atoms with van der Waals surface area (Å²) in [4.78, 5) is 0. The molecule has 0 radical (unpaired) electrons. The van der Waals surface area contributed by atoms with Gasteiger partial charge in [-0.2, -0.15) is 5.17 Å². The van der Waals surface area contributed by atoms with E-state index >= 15 is 0 Å². The van der Waals surface area contributed by atoms with Crippen molar-refractivity contribution in [3.05, 3.63) is 16.8 Å². The van der Waals surface area contributed by atoms with Crippen molar-refractivity contribution in [1.29, 1.82) is 5.41 Å². The number of quaternary nitrogens is 1. The summed E-state index contributed by atoms with van der Waals surface area (Å²) in [5, 5.41) is 26.0. The van der Waals surface area contributed by atoms with E-state index < -0.39 is 11.0 Å². The molecule has 7 nitrogen and oxygen atoms in total. The first-order chi connectivity index (χ1) is 5.09. The van der Waals surface area contributed by atoms with Crippen LogP contribution >= 0.6 is 0 Å². The Balaban J connectivity index is 2.98. The lowest BCUT2D eigenvalue weighted by molar-refractivity contribution is -0.925. The normalized spacial score (nSPS) is 24.8. The lowest BCUT2D eigenvalue weighted by atomic mass is 10.4. The molecule has 7 heteroatoms. The summed E-state index contributed by atoms with van der Waals surface area (Å²) in [6, 6.07) is 0. The maximum absolute atomic E-state index is 10.7. The van der Waals surface area contributed by atoms with Crippen LogP contribution in [0.2, 0.25) is 0 Å². The molecule has 0 fully saturated rings. The fourth-order valence-electron chi connectivity index (χ4n) is 0.731. The molecule has 0 amide bonds. The second kappa shape index (κ2) is 2.38. The van der Waals surface area contributed by atoms with Crippen LogP contribution in [0, 0.1) is 10.6 Å². The fraction of sp³-hybridized carbons (Fsp3) is 0.250. The quantitative estimate of drug-likeness (QED) is 0.323. The number of nitrogens with one attached hydrogen (secondary N) is 2. The van der Waals surface area contributed by atoms with E-state index in [1.165, 1.54) is 7.11 Å². The van der Waals surface area contributed by atoms with Gasteiger partial charge in [-0.15, -0.1) is 0 Å². The smallest absolute Gasteiger partial charge is 0.300 e. The van der Waals surface area contributed by atoms with Crippen LogP contribution in [0.4, 0.5) is 0 Å². The number of ether oxygens (including phenoxy) is 1. The van der Waals surface area contributed by atoms with Crippen LogP contribution in [0.3, 0.4) is 0 Å². The van der Waals surface area contributed by atoms with Gasteiger partial charge >= 0.3 is 5.88 Å². The largest absolute Gasteiger partial charge is 0.599 e. The molecule has 1 atom stereocenters. The van der Waals surface area contributed by atoms with Crippen molar-refractivity contribution in [3.63, 3.8) is 0 Å². The first kappa shape index (κ1) is 7.79.